The number of anilines is 2. The second-order valence-electron chi connectivity index (χ2n) is 4.35. The van der Waals surface area contributed by atoms with Crippen molar-refractivity contribution in [2.24, 2.45) is 0 Å². The van der Waals surface area contributed by atoms with Crippen LogP contribution in [0.5, 0.6) is 0 Å². The minimum Gasteiger partial charge on any atom is -0.399 e. The first-order valence-corrected chi connectivity index (χ1v) is 7.64. The van der Waals surface area contributed by atoms with Gasteiger partial charge in [0.1, 0.15) is 0 Å². The van der Waals surface area contributed by atoms with Gasteiger partial charge in [-0.15, -0.1) is 0 Å². The zero-order chi connectivity index (χ0) is 13.3. The highest BCUT2D eigenvalue weighted by Gasteiger charge is 2.27. The maximum Gasteiger partial charge on any atom is 0.231 e. The maximum atomic E-state index is 11.8. The number of benzene rings is 1. The molecule has 1 aliphatic rings. The predicted octanol–water partition coefficient (Wildman–Crippen LogP) is 0.593. The molecule has 1 aromatic rings. The van der Waals surface area contributed by atoms with Crippen LogP contribution in [0.3, 0.4) is 0 Å². The average molecular weight is 268 g/mol. The summed E-state index contributed by atoms with van der Waals surface area (Å²) in [5, 5.41) is 0. The Hall–Kier alpha value is -1.56. The molecular weight excluding hydrogens is 252 g/mol. The Kier molecular flexibility index (Phi) is 3.30. The van der Waals surface area contributed by atoms with E-state index in [9.17, 15) is 13.2 Å². The Morgan fingerprint density at radius 3 is 2.78 bits per heavy atom. The molecule has 1 aromatic carbocycles. The van der Waals surface area contributed by atoms with E-state index >= 15 is 0 Å². The van der Waals surface area contributed by atoms with Crippen LogP contribution in [0.15, 0.2) is 18.2 Å². The molecule has 0 saturated heterocycles. The van der Waals surface area contributed by atoms with Crippen molar-refractivity contribution in [3.8, 4) is 0 Å². The second kappa shape index (κ2) is 4.61. The molecule has 98 valence electrons. The number of rotatable bonds is 4. The number of carbonyl (C=O) groups excluding carboxylic acids is 1. The normalized spacial score (nSPS) is 14.9. The van der Waals surface area contributed by atoms with E-state index in [1.807, 2.05) is 0 Å². The zero-order valence-corrected chi connectivity index (χ0v) is 11.0. The third-order valence-corrected chi connectivity index (χ3v) is 4.79. The Morgan fingerprint density at radius 1 is 1.39 bits per heavy atom. The van der Waals surface area contributed by atoms with Crippen LogP contribution < -0.4 is 10.6 Å². The number of carbonyl (C=O) groups is 1. The fourth-order valence-electron chi connectivity index (χ4n) is 2.02. The van der Waals surface area contributed by atoms with E-state index < -0.39 is 9.84 Å². The smallest absolute Gasteiger partial charge is 0.231 e. The summed E-state index contributed by atoms with van der Waals surface area (Å²) in [6.07, 6.45) is 0.298. The summed E-state index contributed by atoms with van der Waals surface area (Å²) >= 11 is 0. The van der Waals surface area contributed by atoms with E-state index in [0.717, 1.165) is 11.3 Å². The van der Waals surface area contributed by atoms with Crippen molar-refractivity contribution < 1.29 is 13.2 Å². The number of hydrogen-bond donors (Lipinski definition) is 1. The highest BCUT2D eigenvalue weighted by molar-refractivity contribution is 7.91. The van der Waals surface area contributed by atoms with Crippen molar-refractivity contribution in [2.75, 3.05) is 28.7 Å². The lowest BCUT2D eigenvalue weighted by Crippen LogP contribution is -2.32. The van der Waals surface area contributed by atoms with Crippen LogP contribution in [-0.4, -0.2) is 32.4 Å². The summed E-state index contributed by atoms with van der Waals surface area (Å²) in [5.74, 6) is 0.0322. The topological polar surface area (TPSA) is 80.5 Å². The SMILES string of the molecule is CCS(=O)(=O)CCN1C(=O)Cc2cc(N)ccc21. The molecule has 1 heterocycles. The minimum atomic E-state index is -3.06. The van der Waals surface area contributed by atoms with Crippen molar-refractivity contribution >= 4 is 27.1 Å². The Labute approximate surface area is 107 Å². The summed E-state index contributed by atoms with van der Waals surface area (Å²) in [4.78, 5) is 13.4. The van der Waals surface area contributed by atoms with Gasteiger partial charge in [0, 0.05) is 23.7 Å². The number of sulfone groups is 1. The molecule has 0 unspecified atom stereocenters. The van der Waals surface area contributed by atoms with Crippen molar-refractivity contribution in [1.29, 1.82) is 0 Å². The molecule has 0 aliphatic carbocycles. The van der Waals surface area contributed by atoms with Gasteiger partial charge in [0.25, 0.3) is 0 Å². The Morgan fingerprint density at radius 2 is 2.11 bits per heavy atom. The zero-order valence-electron chi connectivity index (χ0n) is 10.2. The van der Waals surface area contributed by atoms with Crippen molar-refractivity contribution in [1.82, 2.24) is 0 Å². The molecule has 0 spiro atoms. The lowest BCUT2D eigenvalue weighted by molar-refractivity contribution is -0.117. The van der Waals surface area contributed by atoms with E-state index in [0.29, 0.717) is 12.1 Å². The maximum absolute atomic E-state index is 11.8. The molecule has 0 radical (unpaired) electrons. The first kappa shape index (κ1) is 12.9. The number of nitrogens with zero attached hydrogens (tertiary/aromatic N) is 1. The molecule has 0 fully saturated rings. The molecule has 2 N–H and O–H groups in total. The standard InChI is InChI=1S/C12H16N2O3S/c1-2-18(16,17)6-5-14-11-4-3-10(13)7-9(11)8-12(14)15/h3-4,7H,2,5-6,8,13H2,1H3. The third kappa shape index (κ3) is 2.48. The number of amides is 1. The van der Waals surface area contributed by atoms with Crippen LogP contribution in [-0.2, 0) is 21.1 Å². The molecular formula is C12H16N2O3S. The van der Waals surface area contributed by atoms with Crippen LogP contribution in [0.25, 0.3) is 0 Å². The van der Waals surface area contributed by atoms with Gasteiger partial charge in [-0.2, -0.15) is 0 Å². The summed E-state index contributed by atoms with van der Waals surface area (Å²) in [6, 6.07) is 5.26. The van der Waals surface area contributed by atoms with Crippen LogP contribution >= 0.6 is 0 Å². The van der Waals surface area contributed by atoms with Gasteiger partial charge in [-0.25, -0.2) is 8.42 Å². The van der Waals surface area contributed by atoms with Gasteiger partial charge in [0.2, 0.25) is 5.91 Å². The molecule has 18 heavy (non-hydrogen) atoms. The molecule has 6 heteroatoms. The summed E-state index contributed by atoms with van der Waals surface area (Å²) in [6.45, 7) is 1.82. The highest BCUT2D eigenvalue weighted by atomic mass is 32.2. The fraction of sp³-hybridized carbons (Fsp3) is 0.417. The van der Waals surface area contributed by atoms with Crippen molar-refractivity contribution in [2.45, 2.75) is 13.3 Å². The molecule has 2 rings (SSSR count). The van der Waals surface area contributed by atoms with Crippen molar-refractivity contribution in [3.05, 3.63) is 23.8 Å². The van der Waals surface area contributed by atoms with Gasteiger partial charge in [-0.05, 0) is 23.8 Å². The second-order valence-corrected chi connectivity index (χ2v) is 6.82. The number of fused-ring (bicyclic) bond motifs is 1. The van der Waals surface area contributed by atoms with E-state index in [4.69, 9.17) is 5.73 Å². The first-order chi connectivity index (χ1) is 8.43. The minimum absolute atomic E-state index is 0.000936. The van der Waals surface area contributed by atoms with Crippen LogP contribution in [0.4, 0.5) is 11.4 Å². The van der Waals surface area contributed by atoms with E-state index in [1.54, 1.807) is 25.1 Å². The van der Waals surface area contributed by atoms with Gasteiger partial charge >= 0.3 is 0 Å². The summed E-state index contributed by atoms with van der Waals surface area (Å²) < 4.78 is 22.9. The molecule has 1 aliphatic heterocycles. The van der Waals surface area contributed by atoms with Crippen molar-refractivity contribution in [3.63, 3.8) is 0 Å². The monoisotopic (exact) mass is 268 g/mol. The highest BCUT2D eigenvalue weighted by Crippen LogP contribution is 2.30. The molecule has 0 saturated carbocycles. The predicted molar refractivity (Wildman–Crippen MR) is 71.2 cm³/mol. The van der Waals surface area contributed by atoms with Crippen LogP contribution in [0.1, 0.15) is 12.5 Å². The number of nitrogen functional groups attached to an aromatic ring is 1. The Balaban J connectivity index is 2.19. The van der Waals surface area contributed by atoms with Crippen LogP contribution in [0, 0.1) is 0 Å². The molecule has 5 nitrogen and oxygen atoms in total. The van der Waals surface area contributed by atoms with Gasteiger partial charge in [-0.1, -0.05) is 6.92 Å². The average Bonchev–Trinajstić information content (AvgIpc) is 2.61. The van der Waals surface area contributed by atoms with Gasteiger partial charge in [0.05, 0.1) is 12.2 Å². The van der Waals surface area contributed by atoms with Gasteiger partial charge in [0.15, 0.2) is 9.84 Å². The van der Waals surface area contributed by atoms with Gasteiger partial charge in [-0.3, -0.25) is 4.79 Å². The van der Waals surface area contributed by atoms with E-state index in [2.05, 4.69) is 0 Å². The summed E-state index contributed by atoms with van der Waals surface area (Å²) in [7, 11) is -3.06. The van der Waals surface area contributed by atoms with E-state index in [-0.39, 0.29) is 24.0 Å². The molecule has 0 bridgehead atoms. The first-order valence-electron chi connectivity index (χ1n) is 5.82. The van der Waals surface area contributed by atoms with E-state index in [1.165, 1.54) is 4.90 Å². The Bertz CT molecular complexity index is 581. The molecule has 0 atom stereocenters. The number of hydrogen-bond acceptors (Lipinski definition) is 4. The number of nitrogens with two attached hydrogens (primary N) is 1. The lowest BCUT2D eigenvalue weighted by atomic mass is 10.1. The largest absolute Gasteiger partial charge is 0.399 e. The molecule has 0 aromatic heterocycles. The van der Waals surface area contributed by atoms with Crippen LogP contribution in [0.2, 0.25) is 0 Å². The van der Waals surface area contributed by atoms with Gasteiger partial charge < -0.3 is 10.6 Å². The molecule has 1 amide bonds. The fourth-order valence-corrected chi connectivity index (χ4v) is 2.77. The quantitative estimate of drug-likeness (QED) is 0.811. The third-order valence-electron chi connectivity index (χ3n) is 3.10. The lowest BCUT2D eigenvalue weighted by Gasteiger charge is -2.17. The summed E-state index contributed by atoms with van der Waals surface area (Å²) in [5.41, 5.74) is 7.92.